The third-order valence-electron chi connectivity index (χ3n) is 3.48. The van der Waals surface area contributed by atoms with Crippen LogP contribution in [0.2, 0.25) is 0 Å². The summed E-state index contributed by atoms with van der Waals surface area (Å²) < 4.78 is 0. The molecule has 1 heterocycles. The number of urea groups is 1. The van der Waals surface area contributed by atoms with Crippen molar-refractivity contribution >= 4 is 17.6 Å². The van der Waals surface area contributed by atoms with E-state index in [1.807, 2.05) is 19.1 Å². The zero-order valence-electron chi connectivity index (χ0n) is 12.0. The van der Waals surface area contributed by atoms with Gasteiger partial charge in [-0.15, -0.1) is 0 Å². The Morgan fingerprint density at radius 1 is 1.30 bits per heavy atom. The molecule has 5 nitrogen and oxygen atoms in total. The molecule has 1 aliphatic heterocycles. The number of carbonyl (C=O) groups is 2. The zero-order valence-corrected chi connectivity index (χ0v) is 12.0. The topological polar surface area (TPSA) is 61.4 Å². The highest BCUT2D eigenvalue weighted by molar-refractivity contribution is 5.95. The van der Waals surface area contributed by atoms with Crippen molar-refractivity contribution in [2.75, 3.05) is 18.5 Å². The summed E-state index contributed by atoms with van der Waals surface area (Å²) in [6, 6.07) is 5.83. The Morgan fingerprint density at radius 3 is 2.85 bits per heavy atom. The first-order valence-electron chi connectivity index (χ1n) is 7.02. The summed E-state index contributed by atoms with van der Waals surface area (Å²) in [5.41, 5.74) is 3.19. The largest absolute Gasteiger partial charge is 0.338 e. The Bertz CT molecular complexity index is 514. The van der Waals surface area contributed by atoms with Crippen molar-refractivity contribution in [3.63, 3.8) is 0 Å². The molecular formula is C15H21N3O2. The number of fused-ring (bicyclic) bond motifs is 1. The SMILES string of the molecule is CCCNC(=O)NCc1ccc2c(c1)CCC(=O)N2C. The van der Waals surface area contributed by atoms with Crippen molar-refractivity contribution in [2.24, 2.45) is 0 Å². The first kappa shape index (κ1) is 14.4. The second-order valence-electron chi connectivity index (χ2n) is 5.03. The molecule has 0 saturated carbocycles. The highest BCUT2D eigenvalue weighted by Gasteiger charge is 2.20. The van der Waals surface area contributed by atoms with Gasteiger partial charge < -0.3 is 15.5 Å². The second kappa shape index (κ2) is 6.41. The maximum Gasteiger partial charge on any atom is 0.315 e. The van der Waals surface area contributed by atoms with Crippen LogP contribution in [0, 0.1) is 0 Å². The van der Waals surface area contributed by atoms with Crippen LogP contribution in [0.3, 0.4) is 0 Å². The number of hydrogen-bond donors (Lipinski definition) is 2. The maximum absolute atomic E-state index is 11.6. The fourth-order valence-electron chi connectivity index (χ4n) is 2.30. The molecule has 108 valence electrons. The minimum atomic E-state index is -0.142. The van der Waals surface area contributed by atoms with Crippen molar-refractivity contribution in [3.8, 4) is 0 Å². The number of amides is 3. The van der Waals surface area contributed by atoms with Gasteiger partial charge in [0.2, 0.25) is 5.91 Å². The lowest BCUT2D eigenvalue weighted by atomic mass is 9.99. The smallest absolute Gasteiger partial charge is 0.315 e. The third kappa shape index (κ3) is 3.29. The molecule has 0 bridgehead atoms. The molecule has 2 N–H and O–H groups in total. The minimum Gasteiger partial charge on any atom is -0.338 e. The lowest BCUT2D eigenvalue weighted by Crippen LogP contribution is -2.35. The minimum absolute atomic E-state index is 0.142. The number of carbonyl (C=O) groups excluding carboxylic acids is 2. The Kier molecular flexibility index (Phi) is 4.61. The predicted octanol–water partition coefficient (Wildman–Crippen LogP) is 1.80. The van der Waals surface area contributed by atoms with Gasteiger partial charge in [0.15, 0.2) is 0 Å². The number of hydrogen-bond acceptors (Lipinski definition) is 2. The molecule has 3 amide bonds. The summed E-state index contributed by atoms with van der Waals surface area (Å²) in [6.07, 6.45) is 2.25. The summed E-state index contributed by atoms with van der Waals surface area (Å²) in [4.78, 5) is 24.8. The van der Waals surface area contributed by atoms with Gasteiger partial charge in [0.1, 0.15) is 0 Å². The van der Waals surface area contributed by atoms with Crippen molar-refractivity contribution in [1.82, 2.24) is 10.6 Å². The predicted molar refractivity (Wildman–Crippen MR) is 78.7 cm³/mol. The molecule has 5 heteroatoms. The number of aryl methyl sites for hydroxylation is 1. The Morgan fingerprint density at radius 2 is 2.10 bits per heavy atom. The lowest BCUT2D eigenvalue weighted by Gasteiger charge is -2.26. The molecule has 0 radical (unpaired) electrons. The zero-order chi connectivity index (χ0) is 14.5. The summed E-state index contributed by atoms with van der Waals surface area (Å²) >= 11 is 0. The van der Waals surface area contributed by atoms with Crippen LogP contribution in [0.5, 0.6) is 0 Å². The molecule has 0 unspecified atom stereocenters. The van der Waals surface area contributed by atoms with Crippen LogP contribution >= 0.6 is 0 Å². The fraction of sp³-hybridized carbons (Fsp3) is 0.467. The lowest BCUT2D eigenvalue weighted by molar-refractivity contribution is -0.118. The van der Waals surface area contributed by atoms with E-state index in [0.717, 1.165) is 24.1 Å². The third-order valence-corrected chi connectivity index (χ3v) is 3.48. The Balaban J connectivity index is 1.98. The molecule has 1 aliphatic rings. The van der Waals surface area contributed by atoms with Gasteiger partial charge in [-0.2, -0.15) is 0 Å². The van der Waals surface area contributed by atoms with E-state index in [4.69, 9.17) is 0 Å². The van der Waals surface area contributed by atoms with Gasteiger partial charge >= 0.3 is 6.03 Å². The van der Waals surface area contributed by atoms with Crippen LogP contribution in [-0.2, 0) is 17.8 Å². The highest BCUT2D eigenvalue weighted by atomic mass is 16.2. The number of nitrogens with one attached hydrogen (secondary N) is 2. The van der Waals surface area contributed by atoms with Crippen molar-refractivity contribution in [3.05, 3.63) is 29.3 Å². The van der Waals surface area contributed by atoms with E-state index in [2.05, 4.69) is 16.7 Å². The molecule has 1 aromatic carbocycles. The van der Waals surface area contributed by atoms with Crippen molar-refractivity contribution < 1.29 is 9.59 Å². The standard InChI is InChI=1S/C15H21N3O2/c1-3-8-16-15(20)17-10-11-4-6-13-12(9-11)5-7-14(19)18(13)2/h4,6,9H,3,5,7-8,10H2,1-2H3,(H2,16,17,20). The fourth-order valence-corrected chi connectivity index (χ4v) is 2.30. The molecule has 0 fully saturated rings. The van der Waals surface area contributed by atoms with Crippen LogP contribution < -0.4 is 15.5 Å². The monoisotopic (exact) mass is 275 g/mol. The molecule has 0 atom stereocenters. The van der Waals surface area contributed by atoms with E-state index in [1.165, 1.54) is 5.56 Å². The van der Waals surface area contributed by atoms with Gasteiger partial charge in [-0.25, -0.2) is 4.79 Å². The molecule has 2 rings (SSSR count). The quantitative estimate of drug-likeness (QED) is 0.880. The van der Waals surface area contributed by atoms with E-state index in [-0.39, 0.29) is 11.9 Å². The number of rotatable bonds is 4. The average molecular weight is 275 g/mol. The van der Waals surface area contributed by atoms with Gasteiger partial charge in [-0.05, 0) is 30.0 Å². The molecule has 0 aliphatic carbocycles. The molecule has 0 aromatic heterocycles. The van der Waals surface area contributed by atoms with Crippen LogP contribution in [-0.4, -0.2) is 25.5 Å². The van der Waals surface area contributed by atoms with Crippen molar-refractivity contribution in [1.29, 1.82) is 0 Å². The first-order valence-corrected chi connectivity index (χ1v) is 7.02. The average Bonchev–Trinajstić information content (AvgIpc) is 2.46. The highest BCUT2D eigenvalue weighted by Crippen LogP contribution is 2.27. The Hall–Kier alpha value is -2.04. The van der Waals surface area contributed by atoms with Crippen LogP contribution in [0.1, 0.15) is 30.9 Å². The first-order chi connectivity index (χ1) is 9.61. The number of nitrogens with zero attached hydrogens (tertiary/aromatic N) is 1. The van der Waals surface area contributed by atoms with Gasteiger partial charge in [-0.1, -0.05) is 19.1 Å². The Labute approximate surface area is 119 Å². The summed E-state index contributed by atoms with van der Waals surface area (Å²) in [7, 11) is 1.80. The van der Waals surface area contributed by atoms with E-state index in [1.54, 1.807) is 11.9 Å². The molecule has 0 saturated heterocycles. The van der Waals surface area contributed by atoms with E-state index >= 15 is 0 Å². The second-order valence-corrected chi connectivity index (χ2v) is 5.03. The van der Waals surface area contributed by atoms with Crippen molar-refractivity contribution in [2.45, 2.75) is 32.7 Å². The van der Waals surface area contributed by atoms with E-state index in [9.17, 15) is 9.59 Å². The summed E-state index contributed by atoms with van der Waals surface area (Å²) in [5, 5.41) is 5.60. The van der Waals surface area contributed by atoms with Gasteiger partial charge in [0, 0.05) is 32.2 Å². The van der Waals surface area contributed by atoms with Gasteiger partial charge in [0.05, 0.1) is 0 Å². The summed E-state index contributed by atoms with van der Waals surface area (Å²) in [6.45, 7) is 3.20. The van der Waals surface area contributed by atoms with Gasteiger partial charge in [-0.3, -0.25) is 4.79 Å². The van der Waals surface area contributed by atoms with E-state index < -0.39 is 0 Å². The van der Waals surface area contributed by atoms with Crippen LogP contribution in [0.25, 0.3) is 0 Å². The van der Waals surface area contributed by atoms with Crippen LogP contribution in [0.4, 0.5) is 10.5 Å². The molecular weight excluding hydrogens is 254 g/mol. The molecule has 0 spiro atoms. The molecule has 1 aromatic rings. The molecule has 20 heavy (non-hydrogen) atoms. The maximum atomic E-state index is 11.6. The van der Waals surface area contributed by atoms with Gasteiger partial charge in [0.25, 0.3) is 0 Å². The normalized spacial score (nSPS) is 13.9. The van der Waals surface area contributed by atoms with E-state index in [0.29, 0.717) is 19.5 Å². The number of benzene rings is 1. The van der Waals surface area contributed by atoms with Crippen LogP contribution in [0.15, 0.2) is 18.2 Å². The summed E-state index contributed by atoms with van der Waals surface area (Å²) in [5.74, 6) is 0.155. The number of anilines is 1.